The van der Waals surface area contributed by atoms with Crippen molar-refractivity contribution in [1.82, 2.24) is 4.90 Å². The molecule has 0 aliphatic rings. The molecule has 1 rings (SSSR count). The third kappa shape index (κ3) is 3.74. The van der Waals surface area contributed by atoms with Crippen molar-refractivity contribution >= 4 is 21.8 Å². The summed E-state index contributed by atoms with van der Waals surface area (Å²) in [5.41, 5.74) is -1.75. The van der Waals surface area contributed by atoms with E-state index in [2.05, 4.69) is 15.9 Å². The van der Waals surface area contributed by atoms with Crippen molar-refractivity contribution in [2.45, 2.75) is 19.4 Å². The number of hydrogen-bond donors (Lipinski definition) is 1. The van der Waals surface area contributed by atoms with Gasteiger partial charge in [-0.3, -0.25) is 4.79 Å². The SMILES string of the molecule is CN(CC(C)(C)O)C(=O)c1c(F)cc(Br)cc1F. The minimum atomic E-state index is -1.13. The van der Waals surface area contributed by atoms with Crippen molar-refractivity contribution in [3.8, 4) is 0 Å². The van der Waals surface area contributed by atoms with Crippen molar-refractivity contribution in [3.63, 3.8) is 0 Å². The Hall–Kier alpha value is -1.01. The van der Waals surface area contributed by atoms with E-state index >= 15 is 0 Å². The molecule has 0 aromatic heterocycles. The normalized spacial score (nSPS) is 11.5. The molecular weight excluding hydrogens is 308 g/mol. The third-order valence-corrected chi connectivity index (χ3v) is 2.65. The number of halogens is 3. The summed E-state index contributed by atoms with van der Waals surface area (Å²) in [4.78, 5) is 13.0. The molecule has 0 unspecified atom stereocenters. The number of aliphatic hydroxyl groups is 1. The molecule has 1 aromatic rings. The van der Waals surface area contributed by atoms with Gasteiger partial charge in [0.25, 0.3) is 5.91 Å². The number of hydrogen-bond acceptors (Lipinski definition) is 2. The summed E-state index contributed by atoms with van der Waals surface area (Å²) in [7, 11) is 1.38. The van der Waals surface area contributed by atoms with Crippen LogP contribution in [0.15, 0.2) is 16.6 Å². The predicted molar refractivity (Wildman–Crippen MR) is 67.3 cm³/mol. The smallest absolute Gasteiger partial charge is 0.259 e. The van der Waals surface area contributed by atoms with Crippen LogP contribution in [0.3, 0.4) is 0 Å². The van der Waals surface area contributed by atoms with Gasteiger partial charge in [0.05, 0.1) is 5.60 Å². The second-order valence-corrected chi connectivity index (χ2v) is 5.63. The van der Waals surface area contributed by atoms with Crippen molar-refractivity contribution in [1.29, 1.82) is 0 Å². The Kier molecular flexibility index (Phi) is 4.45. The average molecular weight is 322 g/mol. The summed E-state index contributed by atoms with van der Waals surface area (Å²) in [6.07, 6.45) is 0. The van der Waals surface area contributed by atoms with Crippen LogP contribution in [0, 0.1) is 11.6 Å². The van der Waals surface area contributed by atoms with Crippen LogP contribution in [0.4, 0.5) is 8.78 Å². The Bertz CT molecular complexity index is 449. The van der Waals surface area contributed by atoms with Gasteiger partial charge < -0.3 is 10.0 Å². The van der Waals surface area contributed by atoms with Crippen LogP contribution in [0.1, 0.15) is 24.2 Å². The number of rotatable bonds is 3. The number of nitrogens with zero attached hydrogens (tertiary/aromatic N) is 1. The van der Waals surface area contributed by atoms with Crippen LogP contribution < -0.4 is 0 Å². The monoisotopic (exact) mass is 321 g/mol. The van der Waals surface area contributed by atoms with Gasteiger partial charge in [0.15, 0.2) is 0 Å². The molecular formula is C12H14BrF2NO2. The van der Waals surface area contributed by atoms with Crippen LogP contribution in [0.5, 0.6) is 0 Å². The first-order chi connectivity index (χ1) is 8.11. The minimum absolute atomic E-state index is 0.0270. The first-order valence-corrected chi connectivity index (χ1v) is 6.03. The Labute approximate surface area is 113 Å². The first kappa shape index (κ1) is 15.0. The molecule has 0 atom stereocenters. The first-order valence-electron chi connectivity index (χ1n) is 5.24. The van der Waals surface area contributed by atoms with Gasteiger partial charge in [-0.15, -0.1) is 0 Å². The lowest BCUT2D eigenvalue weighted by atomic mass is 10.1. The molecule has 100 valence electrons. The molecule has 18 heavy (non-hydrogen) atoms. The molecule has 0 heterocycles. The van der Waals surface area contributed by atoms with E-state index in [9.17, 15) is 18.7 Å². The van der Waals surface area contributed by atoms with E-state index in [4.69, 9.17) is 0 Å². The molecule has 0 fully saturated rings. The van der Waals surface area contributed by atoms with Crippen LogP contribution in [-0.4, -0.2) is 35.1 Å². The van der Waals surface area contributed by atoms with Gasteiger partial charge in [0.2, 0.25) is 0 Å². The fourth-order valence-corrected chi connectivity index (χ4v) is 1.99. The quantitative estimate of drug-likeness (QED) is 0.929. The fourth-order valence-electron chi connectivity index (χ4n) is 1.59. The molecule has 3 nitrogen and oxygen atoms in total. The van der Waals surface area contributed by atoms with E-state index in [1.807, 2.05) is 0 Å². The summed E-state index contributed by atoms with van der Waals surface area (Å²) in [6, 6.07) is 2.04. The summed E-state index contributed by atoms with van der Waals surface area (Å²) in [5, 5.41) is 9.58. The van der Waals surface area contributed by atoms with Gasteiger partial charge >= 0.3 is 0 Å². The topological polar surface area (TPSA) is 40.5 Å². The van der Waals surface area contributed by atoms with Crippen LogP contribution in [0.2, 0.25) is 0 Å². The number of carbonyl (C=O) groups excluding carboxylic acids is 1. The number of benzene rings is 1. The molecule has 1 N–H and O–H groups in total. The molecule has 1 amide bonds. The number of carbonyl (C=O) groups is 1. The van der Waals surface area contributed by atoms with Gasteiger partial charge in [-0.1, -0.05) is 15.9 Å². The molecule has 0 radical (unpaired) electrons. The van der Waals surface area contributed by atoms with Crippen molar-refractivity contribution < 1.29 is 18.7 Å². The maximum absolute atomic E-state index is 13.6. The molecule has 6 heteroatoms. The molecule has 0 aliphatic carbocycles. The average Bonchev–Trinajstić information content (AvgIpc) is 2.12. The standard InChI is InChI=1S/C12H14BrF2NO2/c1-12(2,18)6-16(3)11(17)10-8(14)4-7(13)5-9(10)15/h4-5,18H,6H2,1-3H3. The lowest BCUT2D eigenvalue weighted by Crippen LogP contribution is -2.40. The summed E-state index contributed by atoms with van der Waals surface area (Å²) >= 11 is 2.94. The second kappa shape index (κ2) is 5.32. The van der Waals surface area contributed by atoms with E-state index in [1.165, 1.54) is 20.9 Å². The Morgan fingerprint density at radius 1 is 1.39 bits per heavy atom. The highest BCUT2D eigenvalue weighted by molar-refractivity contribution is 9.10. The van der Waals surface area contributed by atoms with Gasteiger partial charge in [-0.05, 0) is 26.0 Å². The molecule has 0 saturated heterocycles. The van der Waals surface area contributed by atoms with E-state index in [0.717, 1.165) is 17.0 Å². The molecule has 0 aliphatic heterocycles. The zero-order valence-electron chi connectivity index (χ0n) is 10.3. The zero-order chi connectivity index (χ0) is 14.1. The Morgan fingerprint density at radius 2 is 1.83 bits per heavy atom. The summed E-state index contributed by atoms with van der Waals surface area (Å²) in [5.74, 6) is -2.68. The predicted octanol–water partition coefficient (Wildman–Crippen LogP) is 2.57. The molecule has 0 bridgehead atoms. The van der Waals surface area contributed by atoms with Crippen molar-refractivity contribution in [3.05, 3.63) is 33.8 Å². The lowest BCUT2D eigenvalue weighted by molar-refractivity contribution is 0.0362. The van der Waals surface area contributed by atoms with Crippen molar-refractivity contribution in [2.75, 3.05) is 13.6 Å². The fraction of sp³-hybridized carbons (Fsp3) is 0.417. The van der Waals surface area contributed by atoms with E-state index in [0.29, 0.717) is 0 Å². The zero-order valence-corrected chi connectivity index (χ0v) is 11.9. The summed E-state index contributed by atoms with van der Waals surface area (Å²) in [6.45, 7) is 2.98. The second-order valence-electron chi connectivity index (χ2n) is 4.72. The summed E-state index contributed by atoms with van der Waals surface area (Å²) < 4.78 is 27.4. The molecule has 0 saturated carbocycles. The van der Waals surface area contributed by atoms with Gasteiger partial charge in [0, 0.05) is 18.1 Å². The van der Waals surface area contributed by atoms with Gasteiger partial charge in [-0.25, -0.2) is 8.78 Å². The number of likely N-dealkylation sites (N-methyl/N-ethyl adjacent to an activating group) is 1. The maximum atomic E-state index is 13.6. The van der Waals surface area contributed by atoms with E-state index in [1.54, 1.807) is 0 Å². The van der Waals surface area contributed by atoms with Gasteiger partial charge in [-0.2, -0.15) is 0 Å². The van der Waals surface area contributed by atoms with Crippen LogP contribution in [0.25, 0.3) is 0 Å². The number of amides is 1. The maximum Gasteiger partial charge on any atom is 0.259 e. The highest BCUT2D eigenvalue weighted by Gasteiger charge is 2.25. The Morgan fingerprint density at radius 3 is 2.22 bits per heavy atom. The molecule has 1 aromatic carbocycles. The highest BCUT2D eigenvalue weighted by Crippen LogP contribution is 2.21. The largest absolute Gasteiger partial charge is 0.389 e. The Balaban J connectivity index is 3.05. The van der Waals surface area contributed by atoms with E-state index < -0.39 is 28.7 Å². The molecule has 0 spiro atoms. The van der Waals surface area contributed by atoms with Crippen molar-refractivity contribution in [2.24, 2.45) is 0 Å². The van der Waals surface area contributed by atoms with Crippen LogP contribution in [-0.2, 0) is 0 Å². The van der Waals surface area contributed by atoms with Crippen LogP contribution >= 0.6 is 15.9 Å². The highest BCUT2D eigenvalue weighted by atomic mass is 79.9. The van der Waals surface area contributed by atoms with Gasteiger partial charge in [0.1, 0.15) is 17.2 Å². The minimum Gasteiger partial charge on any atom is -0.389 e. The van der Waals surface area contributed by atoms with E-state index in [-0.39, 0.29) is 11.0 Å². The lowest BCUT2D eigenvalue weighted by Gasteiger charge is -2.25. The third-order valence-electron chi connectivity index (χ3n) is 2.19.